The van der Waals surface area contributed by atoms with Gasteiger partial charge >= 0.3 is 5.97 Å². The van der Waals surface area contributed by atoms with E-state index in [0.717, 1.165) is 0 Å². The first kappa shape index (κ1) is 19.8. The summed E-state index contributed by atoms with van der Waals surface area (Å²) in [6, 6.07) is 15.3. The molecule has 9 nitrogen and oxygen atoms in total. The van der Waals surface area contributed by atoms with Gasteiger partial charge in [-0.1, -0.05) is 0 Å². The van der Waals surface area contributed by atoms with E-state index in [9.17, 15) is 14.8 Å². The molecule has 9 heteroatoms. The smallest absolute Gasteiger partial charge is 0.343 e. The summed E-state index contributed by atoms with van der Waals surface area (Å²) in [5.41, 5.74) is 1.38. The van der Waals surface area contributed by atoms with E-state index in [1.807, 2.05) is 0 Å². The van der Waals surface area contributed by atoms with E-state index in [-0.39, 0.29) is 41.1 Å². The maximum atomic E-state index is 12.6. The van der Waals surface area contributed by atoms with Gasteiger partial charge in [0.05, 0.1) is 11.1 Å². The van der Waals surface area contributed by atoms with Crippen molar-refractivity contribution in [3.63, 3.8) is 0 Å². The third kappa shape index (κ3) is 3.67. The molecule has 32 heavy (non-hydrogen) atoms. The lowest BCUT2D eigenvalue weighted by Crippen LogP contribution is -2.99. The molecule has 0 spiro atoms. The number of quaternary nitrogens is 1. The molecular formula is C23H15NO8. The predicted molar refractivity (Wildman–Crippen MR) is 109 cm³/mol. The van der Waals surface area contributed by atoms with Gasteiger partial charge in [-0.05, 0) is 54.1 Å². The predicted octanol–water partition coefficient (Wildman–Crippen LogP) is 2.65. The van der Waals surface area contributed by atoms with Crippen LogP contribution in [0.15, 0.2) is 66.4 Å². The fraction of sp³-hybridized carbons (Fsp3) is 0.0435. The first-order valence-corrected chi connectivity index (χ1v) is 9.51. The summed E-state index contributed by atoms with van der Waals surface area (Å²) < 4.78 is 21.6. The molecule has 5 rings (SSSR count). The molecule has 0 radical (unpaired) electrons. The Hall–Kier alpha value is -4.18. The van der Waals surface area contributed by atoms with Crippen molar-refractivity contribution in [3.8, 4) is 23.0 Å². The van der Waals surface area contributed by atoms with Crippen LogP contribution in [0.4, 0.5) is 5.69 Å². The second-order valence-electron chi connectivity index (χ2n) is 6.98. The number of rotatable bonds is 4. The van der Waals surface area contributed by atoms with E-state index in [1.165, 1.54) is 42.5 Å². The fourth-order valence-corrected chi connectivity index (χ4v) is 3.29. The highest BCUT2D eigenvalue weighted by molar-refractivity contribution is 6.14. The van der Waals surface area contributed by atoms with Crippen molar-refractivity contribution >= 4 is 23.5 Å². The number of fused-ring (bicyclic) bond motifs is 2. The maximum Gasteiger partial charge on any atom is 0.343 e. The Morgan fingerprint density at radius 1 is 1.00 bits per heavy atom. The molecule has 2 aliphatic rings. The zero-order chi connectivity index (χ0) is 22.2. The summed E-state index contributed by atoms with van der Waals surface area (Å²) >= 11 is 0. The molecule has 0 saturated heterocycles. The first-order chi connectivity index (χ1) is 15.5. The van der Waals surface area contributed by atoms with Gasteiger partial charge < -0.3 is 24.2 Å². The lowest BCUT2D eigenvalue weighted by atomic mass is 10.1. The number of carbonyl (C=O) groups is 2. The summed E-state index contributed by atoms with van der Waals surface area (Å²) in [5, 5.41) is 18.9. The molecule has 1 atom stereocenters. The molecular weight excluding hydrogens is 418 g/mol. The van der Waals surface area contributed by atoms with Gasteiger partial charge in [0.2, 0.25) is 12.6 Å². The van der Waals surface area contributed by atoms with Gasteiger partial charge in [0.1, 0.15) is 11.5 Å². The van der Waals surface area contributed by atoms with E-state index in [2.05, 4.69) is 0 Å². The van der Waals surface area contributed by atoms with E-state index >= 15 is 0 Å². The number of hydrogen-bond donors (Lipinski definition) is 2. The van der Waals surface area contributed by atoms with Crippen molar-refractivity contribution in [1.82, 2.24) is 0 Å². The van der Waals surface area contributed by atoms with Crippen LogP contribution in [0.3, 0.4) is 0 Å². The lowest BCUT2D eigenvalue weighted by Gasteiger charge is -2.10. The molecule has 2 heterocycles. The van der Waals surface area contributed by atoms with Gasteiger partial charge in [0.15, 0.2) is 22.9 Å². The Bertz CT molecular complexity index is 1260. The van der Waals surface area contributed by atoms with E-state index < -0.39 is 11.2 Å². The SMILES string of the molecule is O=C(Oc1ccc2c(c1)OC(=Cc1ccc([NH+]([O-])O)cc1)C2=O)c1ccc2c(c1)OCO2. The zero-order valence-electron chi connectivity index (χ0n) is 16.4. The lowest BCUT2D eigenvalue weighted by molar-refractivity contribution is -0.991. The van der Waals surface area contributed by atoms with Crippen LogP contribution in [0.2, 0.25) is 0 Å². The number of Topliss-reactive ketones (excluding diaryl/α,β-unsaturated/α-hetero) is 1. The number of nitrogens with one attached hydrogen (secondary N) is 1. The number of benzene rings is 3. The molecule has 0 fully saturated rings. The minimum atomic E-state index is -1.03. The molecule has 1 unspecified atom stereocenters. The van der Waals surface area contributed by atoms with Crippen LogP contribution in [-0.2, 0) is 0 Å². The van der Waals surface area contributed by atoms with Crippen LogP contribution in [0.1, 0.15) is 26.3 Å². The van der Waals surface area contributed by atoms with Crippen molar-refractivity contribution in [3.05, 3.63) is 88.3 Å². The molecule has 0 saturated carbocycles. The summed E-state index contributed by atoms with van der Waals surface area (Å²) in [6.45, 7) is 0.101. The molecule has 160 valence electrons. The summed E-state index contributed by atoms with van der Waals surface area (Å²) in [5.74, 6) is 0.669. The number of esters is 1. The molecule has 3 aromatic rings. The van der Waals surface area contributed by atoms with Gasteiger partial charge in [0, 0.05) is 18.2 Å². The Balaban J connectivity index is 1.33. The van der Waals surface area contributed by atoms with Crippen molar-refractivity contribution in [2.45, 2.75) is 0 Å². The number of carbonyl (C=O) groups excluding carboxylic acids is 2. The van der Waals surface area contributed by atoms with E-state index in [4.69, 9.17) is 24.2 Å². The molecule has 0 aromatic heterocycles. The fourth-order valence-electron chi connectivity index (χ4n) is 3.29. The van der Waals surface area contributed by atoms with Crippen LogP contribution in [0, 0.1) is 5.21 Å². The van der Waals surface area contributed by atoms with Crippen LogP contribution < -0.4 is 24.2 Å². The summed E-state index contributed by atoms with van der Waals surface area (Å²) in [6.07, 6.45) is 1.52. The first-order valence-electron chi connectivity index (χ1n) is 9.51. The van der Waals surface area contributed by atoms with E-state index in [1.54, 1.807) is 24.3 Å². The van der Waals surface area contributed by atoms with Crippen LogP contribution in [0.5, 0.6) is 23.0 Å². The quantitative estimate of drug-likeness (QED) is 0.279. The third-order valence-corrected chi connectivity index (χ3v) is 4.92. The molecule has 0 bridgehead atoms. The summed E-state index contributed by atoms with van der Waals surface area (Å²) in [7, 11) is 0. The minimum absolute atomic E-state index is 0.0855. The molecule has 0 amide bonds. The Morgan fingerprint density at radius 2 is 1.78 bits per heavy atom. The van der Waals surface area contributed by atoms with E-state index in [0.29, 0.717) is 22.6 Å². The molecule has 3 aromatic carbocycles. The molecule has 2 N–H and O–H groups in total. The highest BCUT2D eigenvalue weighted by Gasteiger charge is 2.28. The average molecular weight is 433 g/mol. The van der Waals surface area contributed by atoms with Crippen molar-refractivity contribution < 1.29 is 39.0 Å². The van der Waals surface area contributed by atoms with Crippen molar-refractivity contribution in [2.24, 2.45) is 0 Å². The normalized spacial score (nSPS) is 15.9. The molecule has 0 aliphatic carbocycles. The van der Waals surface area contributed by atoms with Crippen LogP contribution in [-0.4, -0.2) is 23.8 Å². The maximum absolute atomic E-state index is 12.6. The average Bonchev–Trinajstić information content (AvgIpc) is 3.38. The number of allylic oxidation sites excluding steroid dienone is 1. The number of hydrogen-bond acceptors (Lipinski definition) is 8. The highest BCUT2D eigenvalue weighted by Crippen LogP contribution is 2.36. The highest BCUT2D eigenvalue weighted by atomic mass is 16.8. The Kier molecular flexibility index (Phi) is 4.83. The van der Waals surface area contributed by atoms with Crippen molar-refractivity contribution in [2.75, 3.05) is 6.79 Å². The largest absolute Gasteiger partial charge is 0.595 e. The Labute approximate surface area is 181 Å². The van der Waals surface area contributed by atoms with Gasteiger partial charge in [0.25, 0.3) is 0 Å². The summed E-state index contributed by atoms with van der Waals surface area (Å²) in [4.78, 5) is 25.1. The van der Waals surface area contributed by atoms with Gasteiger partial charge in [-0.2, -0.15) is 5.23 Å². The van der Waals surface area contributed by atoms with Gasteiger partial charge in [-0.15, -0.1) is 0 Å². The van der Waals surface area contributed by atoms with Gasteiger partial charge in [-0.3, -0.25) is 4.79 Å². The second-order valence-corrected chi connectivity index (χ2v) is 6.98. The Morgan fingerprint density at radius 3 is 2.56 bits per heavy atom. The van der Waals surface area contributed by atoms with Crippen molar-refractivity contribution in [1.29, 1.82) is 0 Å². The molecule has 2 aliphatic heterocycles. The topological polar surface area (TPSA) is 119 Å². The van der Waals surface area contributed by atoms with Gasteiger partial charge in [-0.25, -0.2) is 10.0 Å². The number of ketones is 1. The van der Waals surface area contributed by atoms with Crippen LogP contribution >= 0.6 is 0 Å². The third-order valence-electron chi connectivity index (χ3n) is 4.92. The standard InChI is InChI=1S/C23H15NO8/c25-22-17-7-6-16(31-23(26)14-3-8-18-20(10-14)30-12-29-18)11-19(17)32-21(22)9-13-1-4-15(5-2-13)24(27)28/h1-11,24,27H,12H2. The number of ether oxygens (including phenoxy) is 4. The minimum Gasteiger partial charge on any atom is -0.595 e. The second kappa shape index (κ2) is 7.82. The van der Waals surface area contributed by atoms with Crippen LogP contribution in [0.25, 0.3) is 6.08 Å². The zero-order valence-corrected chi connectivity index (χ0v) is 16.4. The monoisotopic (exact) mass is 433 g/mol.